The molecule has 0 amide bonds. The number of nitrogen functional groups attached to an aromatic ring is 1. The third kappa shape index (κ3) is 2.82. The van der Waals surface area contributed by atoms with Crippen LogP contribution in [0, 0.1) is 0 Å². The van der Waals surface area contributed by atoms with Gasteiger partial charge in [0.15, 0.2) is 0 Å². The average Bonchev–Trinajstić information content (AvgIpc) is 2.29. The van der Waals surface area contributed by atoms with Crippen LogP contribution >= 0.6 is 15.9 Å². The first-order valence-electron chi connectivity index (χ1n) is 5.46. The minimum absolute atomic E-state index is 0.271. The van der Waals surface area contributed by atoms with Crippen LogP contribution in [0.2, 0.25) is 0 Å². The van der Waals surface area contributed by atoms with Crippen molar-refractivity contribution in [3.05, 3.63) is 40.6 Å². The summed E-state index contributed by atoms with van der Waals surface area (Å²) in [5.41, 5.74) is 7.72. The molecule has 0 spiro atoms. The first-order chi connectivity index (χ1) is 8.06. The van der Waals surface area contributed by atoms with E-state index in [0.29, 0.717) is 5.82 Å². The fourth-order valence-corrected chi connectivity index (χ4v) is 1.78. The molecule has 1 heterocycles. The number of halogens is 1. The Balaban J connectivity index is 2.48. The van der Waals surface area contributed by atoms with Gasteiger partial charge in [-0.3, -0.25) is 0 Å². The van der Waals surface area contributed by atoms with Gasteiger partial charge in [-0.25, -0.2) is 9.97 Å². The number of anilines is 1. The van der Waals surface area contributed by atoms with Gasteiger partial charge in [-0.05, 0) is 12.1 Å². The van der Waals surface area contributed by atoms with E-state index >= 15 is 0 Å². The lowest BCUT2D eigenvalue weighted by Gasteiger charge is -2.08. The molecule has 0 atom stereocenters. The molecule has 0 saturated heterocycles. The fourth-order valence-electron chi connectivity index (χ4n) is 1.51. The highest BCUT2D eigenvalue weighted by Gasteiger charge is 2.07. The minimum Gasteiger partial charge on any atom is -0.384 e. The van der Waals surface area contributed by atoms with Crippen LogP contribution in [0.15, 0.2) is 34.8 Å². The Morgan fingerprint density at radius 3 is 2.35 bits per heavy atom. The molecule has 1 aromatic heterocycles. The molecule has 0 aliphatic heterocycles. The molecule has 0 radical (unpaired) electrons. The molecule has 17 heavy (non-hydrogen) atoms. The lowest BCUT2D eigenvalue weighted by molar-refractivity contribution is 0.779. The van der Waals surface area contributed by atoms with Gasteiger partial charge in [0.05, 0.1) is 5.69 Å². The molecule has 2 rings (SSSR count). The zero-order valence-corrected chi connectivity index (χ0v) is 11.4. The van der Waals surface area contributed by atoms with Crippen LogP contribution in [0.1, 0.15) is 25.6 Å². The lowest BCUT2D eigenvalue weighted by Crippen LogP contribution is -2.02. The summed E-state index contributed by atoms with van der Waals surface area (Å²) in [6.07, 6.45) is 0. The Labute approximate surface area is 109 Å². The number of rotatable bonds is 2. The maximum atomic E-state index is 5.80. The summed E-state index contributed by atoms with van der Waals surface area (Å²) >= 11 is 3.41. The van der Waals surface area contributed by atoms with Crippen LogP contribution in [-0.2, 0) is 0 Å². The standard InChI is InChI=1S/C13H14BrN3/c1-8(2)13-16-11(7-12(15)17-13)9-3-5-10(14)6-4-9/h3-8H,1-2H3,(H2,15,16,17). The molecule has 3 nitrogen and oxygen atoms in total. The number of benzene rings is 1. The van der Waals surface area contributed by atoms with Crippen molar-refractivity contribution in [1.82, 2.24) is 9.97 Å². The summed E-state index contributed by atoms with van der Waals surface area (Å²) < 4.78 is 1.05. The summed E-state index contributed by atoms with van der Waals surface area (Å²) in [6.45, 7) is 4.11. The normalized spacial score (nSPS) is 10.8. The second-order valence-corrected chi connectivity index (χ2v) is 5.11. The van der Waals surface area contributed by atoms with Gasteiger partial charge in [0.1, 0.15) is 11.6 Å². The molecular weight excluding hydrogens is 278 g/mol. The van der Waals surface area contributed by atoms with Gasteiger partial charge in [0.2, 0.25) is 0 Å². The van der Waals surface area contributed by atoms with Crippen molar-refractivity contribution in [3.8, 4) is 11.3 Å². The number of nitrogens with two attached hydrogens (primary N) is 1. The topological polar surface area (TPSA) is 51.8 Å². The predicted molar refractivity (Wildman–Crippen MR) is 73.7 cm³/mol. The van der Waals surface area contributed by atoms with Gasteiger partial charge in [-0.2, -0.15) is 0 Å². The van der Waals surface area contributed by atoms with E-state index in [1.165, 1.54) is 0 Å². The van der Waals surface area contributed by atoms with Crippen LogP contribution in [-0.4, -0.2) is 9.97 Å². The number of aromatic nitrogens is 2. The maximum absolute atomic E-state index is 5.80. The van der Waals surface area contributed by atoms with E-state index in [1.807, 2.05) is 24.3 Å². The molecule has 0 aliphatic carbocycles. The highest BCUT2D eigenvalue weighted by atomic mass is 79.9. The third-order valence-electron chi connectivity index (χ3n) is 2.42. The molecule has 88 valence electrons. The van der Waals surface area contributed by atoms with Crippen LogP contribution in [0.5, 0.6) is 0 Å². The van der Waals surface area contributed by atoms with Crippen molar-refractivity contribution >= 4 is 21.7 Å². The molecule has 0 fully saturated rings. The van der Waals surface area contributed by atoms with Gasteiger partial charge in [0, 0.05) is 22.0 Å². The Kier molecular flexibility index (Phi) is 3.43. The summed E-state index contributed by atoms with van der Waals surface area (Å²) in [7, 11) is 0. The van der Waals surface area contributed by atoms with Crippen LogP contribution in [0.25, 0.3) is 11.3 Å². The maximum Gasteiger partial charge on any atom is 0.133 e. The molecule has 1 aromatic carbocycles. The van der Waals surface area contributed by atoms with Crippen LogP contribution < -0.4 is 5.73 Å². The van der Waals surface area contributed by atoms with Crippen LogP contribution in [0.4, 0.5) is 5.82 Å². The molecule has 2 N–H and O–H groups in total. The Morgan fingerprint density at radius 1 is 1.12 bits per heavy atom. The smallest absolute Gasteiger partial charge is 0.133 e. The third-order valence-corrected chi connectivity index (χ3v) is 2.95. The number of hydrogen-bond acceptors (Lipinski definition) is 3. The molecule has 0 unspecified atom stereocenters. The highest BCUT2D eigenvalue weighted by Crippen LogP contribution is 2.23. The predicted octanol–water partition coefficient (Wildman–Crippen LogP) is 3.61. The minimum atomic E-state index is 0.271. The Bertz CT molecular complexity index is 521. The van der Waals surface area contributed by atoms with E-state index in [4.69, 9.17) is 5.73 Å². The molecule has 0 saturated carbocycles. The zero-order valence-electron chi connectivity index (χ0n) is 9.81. The number of hydrogen-bond donors (Lipinski definition) is 1. The molecule has 0 bridgehead atoms. The van der Waals surface area contributed by atoms with E-state index in [0.717, 1.165) is 21.6 Å². The first kappa shape index (κ1) is 12.0. The van der Waals surface area contributed by atoms with Crippen molar-refractivity contribution in [2.24, 2.45) is 0 Å². The van der Waals surface area contributed by atoms with Crippen LogP contribution in [0.3, 0.4) is 0 Å². The SMILES string of the molecule is CC(C)c1nc(N)cc(-c2ccc(Br)cc2)n1. The summed E-state index contributed by atoms with van der Waals surface area (Å²) in [5, 5.41) is 0. The monoisotopic (exact) mass is 291 g/mol. The highest BCUT2D eigenvalue weighted by molar-refractivity contribution is 9.10. The van der Waals surface area contributed by atoms with E-state index in [9.17, 15) is 0 Å². The van der Waals surface area contributed by atoms with Gasteiger partial charge < -0.3 is 5.73 Å². The summed E-state index contributed by atoms with van der Waals surface area (Å²) in [6, 6.07) is 9.80. The molecule has 2 aromatic rings. The Morgan fingerprint density at radius 2 is 1.76 bits per heavy atom. The second-order valence-electron chi connectivity index (χ2n) is 4.20. The summed E-state index contributed by atoms with van der Waals surface area (Å²) in [4.78, 5) is 8.76. The zero-order chi connectivity index (χ0) is 12.4. The largest absolute Gasteiger partial charge is 0.384 e. The first-order valence-corrected chi connectivity index (χ1v) is 6.26. The molecule has 0 aliphatic rings. The second kappa shape index (κ2) is 4.84. The quantitative estimate of drug-likeness (QED) is 0.920. The van der Waals surface area contributed by atoms with E-state index in [1.54, 1.807) is 6.07 Å². The van der Waals surface area contributed by atoms with Crippen molar-refractivity contribution in [2.45, 2.75) is 19.8 Å². The van der Waals surface area contributed by atoms with Crippen molar-refractivity contribution in [3.63, 3.8) is 0 Å². The lowest BCUT2D eigenvalue weighted by atomic mass is 10.1. The van der Waals surface area contributed by atoms with E-state index < -0.39 is 0 Å². The number of nitrogens with zero attached hydrogens (tertiary/aromatic N) is 2. The van der Waals surface area contributed by atoms with Gasteiger partial charge in [-0.1, -0.05) is 41.9 Å². The molecular formula is C13H14BrN3. The van der Waals surface area contributed by atoms with E-state index in [2.05, 4.69) is 39.7 Å². The average molecular weight is 292 g/mol. The summed E-state index contributed by atoms with van der Waals surface area (Å²) in [5.74, 6) is 1.57. The van der Waals surface area contributed by atoms with Gasteiger partial charge in [0.25, 0.3) is 0 Å². The fraction of sp³-hybridized carbons (Fsp3) is 0.231. The van der Waals surface area contributed by atoms with Crippen molar-refractivity contribution in [2.75, 3.05) is 5.73 Å². The van der Waals surface area contributed by atoms with Gasteiger partial charge in [-0.15, -0.1) is 0 Å². The van der Waals surface area contributed by atoms with Gasteiger partial charge >= 0.3 is 0 Å². The van der Waals surface area contributed by atoms with E-state index in [-0.39, 0.29) is 5.92 Å². The van der Waals surface area contributed by atoms with Crippen molar-refractivity contribution in [1.29, 1.82) is 0 Å². The Hall–Kier alpha value is -1.42. The van der Waals surface area contributed by atoms with Crippen molar-refractivity contribution < 1.29 is 0 Å². The molecule has 4 heteroatoms.